The molecule has 9 heteroatoms. The molecule has 2 heterocycles. The molecule has 5 aromatic rings. The summed E-state index contributed by atoms with van der Waals surface area (Å²) in [6, 6.07) is 22.3. The lowest BCUT2D eigenvalue weighted by atomic mass is 10.1. The Kier molecular flexibility index (Phi) is 5.65. The highest BCUT2D eigenvalue weighted by atomic mass is 35.5. The summed E-state index contributed by atoms with van der Waals surface area (Å²) in [6.45, 7) is 0.452. The van der Waals surface area contributed by atoms with Crippen molar-refractivity contribution in [2.24, 2.45) is 7.05 Å². The zero-order valence-electron chi connectivity index (χ0n) is 18.0. The van der Waals surface area contributed by atoms with Crippen molar-refractivity contribution in [2.75, 3.05) is 5.32 Å². The summed E-state index contributed by atoms with van der Waals surface area (Å²) < 4.78 is 12.3. The molecule has 2 N–H and O–H groups in total. The summed E-state index contributed by atoms with van der Waals surface area (Å²) in [5.74, 6) is -0.161. The number of aryl methyl sites for hydroxylation is 1. The zero-order chi connectivity index (χ0) is 23.7. The van der Waals surface area contributed by atoms with Gasteiger partial charge in [-0.25, -0.2) is 4.79 Å². The number of H-pyrrole nitrogens is 1. The van der Waals surface area contributed by atoms with E-state index < -0.39 is 5.76 Å². The minimum atomic E-state index is -0.703. The highest BCUT2D eigenvalue weighted by Crippen LogP contribution is 2.30. The first-order valence-electron chi connectivity index (χ1n) is 10.4. The van der Waals surface area contributed by atoms with Gasteiger partial charge in [0.05, 0.1) is 11.2 Å². The molecule has 1 amide bonds. The Morgan fingerprint density at radius 2 is 1.94 bits per heavy atom. The predicted octanol–water partition coefficient (Wildman–Crippen LogP) is 5.01. The fraction of sp³-hybridized carbons (Fsp3) is 0.0800. The van der Waals surface area contributed by atoms with E-state index in [1.807, 2.05) is 55.6 Å². The second kappa shape index (κ2) is 8.92. The monoisotopic (exact) mass is 474 g/mol. The number of halogens is 1. The van der Waals surface area contributed by atoms with Gasteiger partial charge in [0.25, 0.3) is 5.91 Å². The third kappa shape index (κ3) is 4.31. The van der Waals surface area contributed by atoms with Crippen molar-refractivity contribution < 1.29 is 14.1 Å². The molecule has 0 aliphatic carbocycles. The Balaban J connectivity index is 1.41. The molecule has 0 saturated carbocycles. The number of nitrogens with zero attached hydrogens (tertiary/aromatic N) is 2. The van der Waals surface area contributed by atoms with Gasteiger partial charge in [-0.05, 0) is 42.0 Å². The Morgan fingerprint density at radius 1 is 1.12 bits per heavy atom. The number of carbonyl (C=O) groups is 1. The maximum Gasteiger partial charge on any atom is 0.439 e. The molecule has 0 atom stereocenters. The zero-order valence-corrected chi connectivity index (χ0v) is 18.8. The molecule has 0 aliphatic rings. The molecule has 34 heavy (non-hydrogen) atoms. The van der Waals surface area contributed by atoms with Gasteiger partial charge >= 0.3 is 5.76 Å². The second-order valence-electron chi connectivity index (χ2n) is 7.67. The van der Waals surface area contributed by atoms with E-state index in [2.05, 4.69) is 20.0 Å². The van der Waals surface area contributed by atoms with Crippen LogP contribution >= 0.6 is 11.6 Å². The maximum absolute atomic E-state index is 13.2. The molecule has 2 aromatic heterocycles. The Morgan fingerprint density at radius 3 is 2.71 bits per heavy atom. The molecule has 8 nitrogen and oxygen atoms in total. The van der Waals surface area contributed by atoms with Crippen molar-refractivity contribution in [3.05, 3.63) is 99.6 Å². The van der Waals surface area contributed by atoms with Crippen molar-refractivity contribution in [3.63, 3.8) is 0 Å². The van der Waals surface area contributed by atoms with Crippen LogP contribution in [-0.4, -0.2) is 20.6 Å². The summed E-state index contributed by atoms with van der Waals surface area (Å²) in [4.78, 5) is 27.0. The van der Waals surface area contributed by atoms with Crippen LogP contribution in [-0.2, 0) is 13.7 Å². The van der Waals surface area contributed by atoms with E-state index in [0.29, 0.717) is 34.3 Å². The number of nitrogens with one attached hydrogen (secondary N) is 2. The highest BCUT2D eigenvalue weighted by Gasteiger charge is 2.18. The average molecular weight is 475 g/mol. The summed E-state index contributed by atoms with van der Waals surface area (Å²) in [6.07, 6.45) is 0. The summed E-state index contributed by atoms with van der Waals surface area (Å²) in [5.41, 5.74) is 3.23. The Bertz CT molecular complexity index is 1550. The van der Waals surface area contributed by atoms with E-state index in [-0.39, 0.29) is 11.7 Å². The lowest BCUT2D eigenvalue weighted by Crippen LogP contribution is -2.16. The molecule has 0 radical (unpaired) electrons. The van der Waals surface area contributed by atoms with Gasteiger partial charge < -0.3 is 14.6 Å². The normalized spacial score (nSPS) is 11.0. The van der Waals surface area contributed by atoms with E-state index >= 15 is 0 Å². The maximum atomic E-state index is 13.2. The molecule has 170 valence electrons. The molecule has 0 aliphatic heterocycles. The number of anilines is 1. The van der Waals surface area contributed by atoms with Crippen LogP contribution in [0.1, 0.15) is 16.1 Å². The molecule has 0 unspecified atom stereocenters. The van der Waals surface area contributed by atoms with Crippen molar-refractivity contribution >= 4 is 34.1 Å². The van der Waals surface area contributed by atoms with Crippen LogP contribution in [0, 0.1) is 0 Å². The molecular weight excluding hydrogens is 456 g/mol. The van der Waals surface area contributed by atoms with Crippen LogP contribution in [0.15, 0.2) is 82.1 Å². The van der Waals surface area contributed by atoms with Gasteiger partial charge in [-0.2, -0.15) is 0 Å². The lowest BCUT2D eigenvalue weighted by Gasteiger charge is -2.10. The fourth-order valence-corrected chi connectivity index (χ4v) is 3.88. The Labute approximate surface area is 198 Å². The smallest absolute Gasteiger partial charge is 0.439 e. The number of amides is 1. The van der Waals surface area contributed by atoms with Crippen molar-refractivity contribution in [1.29, 1.82) is 0 Å². The first-order chi connectivity index (χ1) is 16.5. The van der Waals surface area contributed by atoms with Crippen molar-refractivity contribution in [1.82, 2.24) is 14.7 Å². The molecule has 0 bridgehead atoms. The van der Waals surface area contributed by atoms with Crippen molar-refractivity contribution in [3.8, 4) is 17.1 Å². The van der Waals surface area contributed by atoms with E-state index in [4.69, 9.17) is 16.3 Å². The standard InChI is InChI=1S/C25H19ClN4O4/c1-30-21-13-18(33-14-15-5-3-2-4-6-15)9-7-16(21)11-22(30)24(31)27-20-10-8-17(26)12-19(20)23-28-25(32)34-29-23/h2-13H,14H2,1H3,(H,27,31)(H,28,29,32). The number of hydrogen-bond acceptors (Lipinski definition) is 5. The number of hydrogen-bond donors (Lipinski definition) is 2. The molecule has 0 fully saturated rings. The van der Waals surface area contributed by atoms with Crippen LogP contribution in [0.2, 0.25) is 5.02 Å². The number of aromatic nitrogens is 3. The number of aromatic amines is 1. The highest BCUT2D eigenvalue weighted by molar-refractivity contribution is 6.31. The third-order valence-corrected chi connectivity index (χ3v) is 5.66. The molecule has 0 saturated heterocycles. The van der Waals surface area contributed by atoms with E-state index in [9.17, 15) is 9.59 Å². The molecule has 3 aromatic carbocycles. The first kappa shape index (κ1) is 21.5. The average Bonchev–Trinajstić information content (AvgIpc) is 3.42. The number of rotatable bonds is 6. The van der Waals surface area contributed by atoms with Gasteiger partial charge in [0.15, 0.2) is 5.82 Å². The van der Waals surface area contributed by atoms with E-state index in [0.717, 1.165) is 16.5 Å². The van der Waals surface area contributed by atoms with Crippen LogP contribution in [0.5, 0.6) is 5.75 Å². The van der Waals surface area contributed by atoms with Gasteiger partial charge in [-0.3, -0.25) is 14.3 Å². The SMILES string of the molecule is Cn1c(C(=O)Nc2ccc(Cl)cc2-c2noc(=O)[nH]2)cc2ccc(OCc3ccccc3)cc21. The van der Waals surface area contributed by atoms with Crippen LogP contribution in [0.25, 0.3) is 22.3 Å². The van der Waals surface area contributed by atoms with E-state index in [1.54, 1.807) is 28.8 Å². The number of ether oxygens (including phenoxy) is 1. The van der Waals surface area contributed by atoms with E-state index in [1.165, 1.54) is 0 Å². The first-order valence-corrected chi connectivity index (χ1v) is 10.8. The lowest BCUT2D eigenvalue weighted by molar-refractivity contribution is 0.102. The van der Waals surface area contributed by atoms with Gasteiger partial charge in [0.2, 0.25) is 0 Å². The van der Waals surface area contributed by atoms with Gasteiger partial charge in [0.1, 0.15) is 18.1 Å². The van der Waals surface area contributed by atoms with Gasteiger partial charge in [0, 0.05) is 29.1 Å². The fourth-order valence-electron chi connectivity index (χ4n) is 3.71. The minimum absolute atomic E-state index is 0.167. The van der Waals surface area contributed by atoms with Crippen LogP contribution in [0.4, 0.5) is 5.69 Å². The van der Waals surface area contributed by atoms with Gasteiger partial charge in [-0.15, -0.1) is 0 Å². The van der Waals surface area contributed by atoms with Gasteiger partial charge in [-0.1, -0.05) is 47.1 Å². The summed E-state index contributed by atoms with van der Waals surface area (Å²) in [5, 5.41) is 7.89. The predicted molar refractivity (Wildman–Crippen MR) is 129 cm³/mol. The van der Waals surface area contributed by atoms with Crippen LogP contribution < -0.4 is 15.8 Å². The molecular formula is C25H19ClN4O4. The second-order valence-corrected chi connectivity index (χ2v) is 8.11. The number of fused-ring (bicyclic) bond motifs is 1. The van der Waals surface area contributed by atoms with Crippen molar-refractivity contribution in [2.45, 2.75) is 6.61 Å². The molecule has 0 spiro atoms. The summed E-state index contributed by atoms with van der Waals surface area (Å²) >= 11 is 6.11. The summed E-state index contributed by atoms with van der Waals surface area (Å²) in [7, 11) is 1.82. The van der Waals surface area contributed by atoms with Crippen LogP contribution in [0.3, 0.4) is 0 Å². The quantitative estimate of drug-likeness (QED) is 0.360. The Hall–Kier alpha value is -4.30. The minimum Gasteiger partial charge on any atom is -0.489 e. The largest absolute Gasteiger partial charge is 0.489 e. The number of carbonyl (C=O) groups excluding carboxylic acids is 1. The third-order valence-electron chi connectivity index (χ3n) is 5.42. The topological polar surface area (TPSA) is 102 Å². The number of benzene rings is 3. The molecule has 5 rings (SSSR count).